The molecule has 1 aliphatic carbocycles. The van der Waals surface area contributed by atoms with Gasteiger partial charge >= 0.3 is 0 Å². The molecule has 4 nitrogen and oxygen atoms in total. The highest BCUT2D eigenvalue weighted by molar-refractivity contribution is 5.71. The maximum Gasteiger partial charge on any atom is 0.214 e. The molecule has 2 aromatic heterocycles. The minimum atomic E-state index is 0.270. The fraction of sp³-hybridized carbons (Fsp3) is 0.200. The van der Waals surface area contributed by atoms with Crippen LogP contribution in [0.3, 0.4) is 0 Å². The Balaban J connectivity index is 1.68. The molecule has 24 heavy (non-hydrogen) atoms. The molecule has 1 aromatic carbocycles. The Morgan fingerprint density at radius 2 is 2.00 bits per heavy atom. The van der Waals surface area contributed by atoms with Crippen LogP contribution >= 0.6 is 0 Å². The number of rotatable bonds is 4. The first-order valence-electron chi connectivity index (χ1n) is 8.14. The van der Waals surface area contributed by atoms with E-state index in [0.717, 1.165) is 41.8 Å². The van der Waals surface area contributed by atoms with Crippen molar-refractivity contribution >= 4 is 0 Å². The molecule has 0 spiro atoms. The molecule has 0 saturated carbocycles. The predicted octanol–water partition coefficient (Wildman–Crippen LogP) is 3.92. The lowest BCUT2D eigenvalue weighted by atomic mass is 9.99. The van der Waals surface area contributed by atoms with Gasteiger partial charge in [0.15, 0.2) is 0 Å². The molecule has 0 radical (unpaired) electrons. The molecule has 0 saturated heterocycles. The quantitative estimate of drug-likeness (QED) is 0.792. The van der Waals surface area contributed by atoms with Gasteiger partial charge in [0.1, 0.15) is 12.4 Å². The molecule has 1 N–H and O–H groups in total. The van der Waals surface area contributed by atoms with E-state index in [1.807, 2.05) is 36.4 Å². The zero-order valence-electron chi connectivity index (χ0n) is 13.3. The van der Waals surface area contributed by atoms with Crippen molar-refractivity contribution in [3.63, 3.8) is 0 Å². The molecule has 0 unspecified atom stereocenters. The minimum absolute atomic E-state index is 0.270. The number of aromatic hydroxyl groups is 1. The van der Waals surface area contributed by atoms with Gasteiger partial charge in [-0.1, -0.05) is 18.2 Å². The van der Waals surface area contributed by atoms with E-state index in [4.69, 9.17) is 4.74 Å². The van der Waals surface area contributed by atoms with Crippen molar-refractivity contribution in [3.8, 4) is 22.8 Å². The van der Waals surface area contributed by atoms with Crippen molar-refractivity contribution < 1.29 is 9.84 Å². The zero-order chi connectivity index (χ0) is 16.4. The lowest BCUT2D eigenvalue weighted by Gasteiger charge is -2.12. The van der Waals surface area contributed by atoms with Gasteiger partial charge in [0.2, 0.25) is 5.88 Å². The van der Waals surface area contributed by atoms with E-state index in [9.17, 15) is 5.11 Å². The van der Waals surface area contributed by atoms with E-state index in [1.54, 1.807) is 18.3 Å². The summed E-state index contributed by atoms with van der Waals surface area (Å²) in [7, 11) is 0. The topological polar surface area (TPSA) is 55.2 Å². The second-order valence-electron chi connectivity index (χ2n) is 5.95. The molecule has 0 atom stereocenters. The fourth-order valence-corrected chi connectivity index (χ4v) is 3.15. The monoisotopic (exact) mass is 318 g/mol. The molecular formula is C20H18N2O2. The second-order valence-corrected chi connectivity index (χ2v) is 5.95. The highest BCUT2D eigenvalue weighted by Gasteiger charge is 2.19. The Labute approximate surface area is 140 Å². The molecule has 0 amide bonds. The molecule has 4 heteroatoms. The Morgan fingerprint density at radius 3 is 2.83 bits per heavy atom. The Bertz CT molecular complexity index is 863. The first-order valence-corrected chi connectivity index (χ1v) is 8.14. The maximum atomic E-state index is 9.79. The summed E-state index contributed by atoms with van der Waals surface area (Å²) in [5.74, 6) is 0.881. The van der Waals surface area contributed by atoms with Gasteiger partial charge in [0.25, 0.3) is 0 Å². The average molecular weight is 318 g/mol. The number of phenols is 1. The van der Waals surface area contributed by atoms with Crippen LogP contribution in [0.2, 0.25) is 0 Å². The average Bonchev–Trinajstić information content (AvgIpc) is 3.08. The summed E-state index contributed by atoms with van der Waals surface area (Å²) in [5.41, 5.74) is 5.35. The minimum Gasteiger partial charge on any atom is -0.508 e. The number of hydrogen-bond acceptors (Lipinski definition) is 4. The Morgan fingerprint density at radius 1 is 1.04 bits per heavy atom. The highest BCUT2D eigenvalue weighted by Crippen LogP contribution is 2.35. The van der Waals surface area contributed by atoms with E-state index in [-0.39, 0.29) is 5.75 Å². The Hall–Kier alpha value is -2.88. The van der Waals surface area contributed by atoms with Crippen LogP contribution in [-0.2, 0) is 19.4 Å². The standard InChI is InChI=1S/C20H18N2O2/c23-16-7-3-5-14(11-16)18-12-20(22-19-9-4-8-17(18)19)24-13-15-6-1-2-10-21-15/h1-3,5-7,10-12,23H,4,8-9,13H2. The van der Waals surface area contributed by atoms with E-state index in [2.05, 4.69) is 9.97 Å². The molecule has 0 aliphatic heterocycles. The summed E-state index contributed by atoms with van der Waals surface area (Å²) in [6, 6.07) is 15.1. The first-order chi connectivity index (χ1) is 11.8. The smallest absolute Gasteiger partial charge is 0.214 e. The van der Waals surface area contributed by atoms with E-state index < -0.39 is 0 Å². The number of fused-ring (bicyclic) bond motifs is 1. The van der Waals surface area contributed by atoms with Crippen molar-refractivity contribution in [1.82, 2.24) is 9.97 Å². The van der Waals surface area contributed by atoms with Gasteiger partial charge in [-0.3, -0.25) is 4.98 Å². The number of aromatic nitrogens is 2. The van der Waals surface area contributed by atoms with Crippen molar-refractivity contribution in [1.29, 1.82) is 0 Å². The summed E-state index contributed by atoms with van der Waals surface area (Å²) in [4.78, 5) is 8.94. The predicted molar refractivity (Wildman–Crippen MR) is 91.9 cm³/mol. The van der Waals surface area contributed by atoms with Crippen molar-refractivity contribution in [3.05, 3.63) is 71.7 Å². The van der Waals surface area contributed by atoms with Gasteiger partial charge in [-0.25, -0.2) is 4.98 Å². The number of ether oxygens (including phenoxy) is 1. The summed E-state index contributed by atoms with van der Waals surface area (Å²) < 4.78 is 5.87. The number of aryl methyl sites for hydroxylation is 1. The Kier molecular flexibility index (Phi) is 3.87. The fourth-order valence-electron chi connectivity index (χ4n) is 3.15. The van der Waals surface area contributed by atoms with Gasteiger partial charge in [-0.05, 0) is 60.2 Å². The van der Waals surface area contributed by atoms with Crippen molar-refractivity contribution in [2.45, 2.75) is 25.9 Å². The largest absolute Gasteiger partial charge is 0.508 e. The van der Waals surface area contributed by atoms with E-state index in [1.165, 1.54) is 5.56 Å². The molecule has 1 aliphatic rings. The summed E-state index contributed by atoms with van der Waals surface area (Å²) in [6.07, 6.45) is 4.86. The molecule has 120 valence electrons. The lowest BCUT2D eigenvalue weighted by molar-refractivity contribution is 0.288. The van der Waals surface area contributed by atoms with Crippen LogP contribution in [0, 0.1) is 0 Å². The van der Waals surface area contributed by atoms with Crippen LogP contribution in [0.1, 0.15) is 23.4 Å². The van der Waals surface area contributed by atoms with Crippen molar-refractivity contribution in [2.24, 2.45) is 0 Å². The summed E-state index contributed by atoms with van der Waals surface area (Å²) >= 11 is 0. The van der Waals surface area contributed by atoms with E-state index >= 15 is 0 Å². The number of phenolic OH excluding ortho intramolecular Hbond substituents is 1. The van der Waals surface area contributed by atoms with Crippen LogP contribution < -0.4 is 4.74 Å². The SMILES string of the molecule is Oc1cccc(-c2cc(OCc3ccccn3)nc3c2CCC3)c1. The molecule has 2 heterocycles. The molecule has 0 bridgehead atoms. The molecule has 0 fully saturated rings. The summed E-state index contributed by atoms with van der Waals surface area (Å²) in [6.45, 7) is 0.395. The molecular weight excluding hydrogens is 300 g/mol. The van der Waals surface area contributed by atoms with Gasteiger partial charge in [-0.2, -0.15) is 0 Å². The highest BCUT2D eigenvalue weighted by atomic mass is 16.5. The van der Waals surface area contributed by atoms with Gasteiger partial charge in [0.05, 0.1) is 5.69 Å². The van der Waals surface area contributed by atoms with Gasteiger partial charge in [-0.15, -0.1) is 0 Å². The third-order valence-electron chi connectivity index (χ3n) is 4.28. The normalized spacial score (nSPS) is 12.8. The van der Waals surface area contributed by atoms with Gasteiger partial charge in [0, 0.05) is 18.0 Å². The third kappa shape index (κ3) is 2.95. The van der Waals surface area contributed by atoms with Crippen molar-refractivity contribution in [2.75, 3.05) is 0 Å². The van der Waals surface area contributed by atoms with Gasteiger partial charge < -0.3 is 9.84 Å². The van der Waals surface area contributed by atoms with Crippen LogP contribution in [0.4, 0.5) is 0 Å². The van der Waals surface area contributed by atoms with Crippen LogP contribution in [0.5, 0.6) is 11.6 Å². The van der Waals surface area contributed by atoms with Crippen LogP contribution in [-0.4, -0.2) is 15.1 Å². The number of benzene rings is 1. The van der Waals surface area contributed by atoms with Crippen LogP contribution in [0.25, 0.3) is 11.1 Å². The van der Waals surface area contributed by atoms with Crippen LogP contribution in [0.15, 0.2) is 54.7 Å². The zero-order valence-corrected chi connectivity index (χ0v) is 13.3. The molecule has 3 aromatic rings. The first kappa shape index (κ1) is 14.7. The number of nitrogens with zero attached hydrogens (tertiary/aromatic N) is 2. The maximum absolute atomic E-state index is 9.79. The summed E-state index contributed by atoms with van der Waals surface area (Å²) in [5, 5.41) is 9.79. The number of hydrogen-bond donors (Lipinski definition) is 1. The molecule has 4 rings (SSSR count). The number of pyridine rings is 2. The third-order valence-corrected chi connectivity index (χ3v) is 4.28. The van der Waals surface area contributed by atoms with E-state index in [0.29, 0.717) is 12.5 Å². The second kappa shape index (κ2) is 6.32. The lowest BCUT2D eigenvalue weighted by Crippen LogP contribution is -2.02.